The van der Waals surface area contributed by atoms with Gasteiger partial charge in [-0.05, 0) is 57.0 Å². The van der Waals surface area contributed by atoms with E-state index in [4.69, 9.17) is 10.5 Å². The average Bonchev–Trinajstić information content (AvgIpc) is 2.32. The lowest BCUT2D eigenvalue weighted by Gasteiger charge is -2.36. The van der Waals surface area contributed by atoms with Gasteiger partial charge in [0, 0.05) is 19.3 Å². The zero-order chi connectivity index (χ0) is 10.5. The average molecular weight is 212 g/mol. The fourth-order valence-corrected chi connectivity index (χ4v) is 2.94. The first-order valence-electron chi connectivity index (χ1n) is 6.41. The minimum absolute atomic E-state index is 0.753. The van der Waals surface area contributed by atoms with Crippen molar-refractivity contribution in [1.29, 1.82) is 0 Å². The Kier molecular flexibility index (Phi) is 4.42. The minimum Gasteiger partial charge on any atom is -0.381 e. The number of nitrogens with two attached hydrogens (primary N) is 1. The Bertz CT molecular complexity index is 172. The van der Waals surface area contributed by atoms with Crippen LogP contribution in [0.4, 0.5) is 0 Å². The number of ether oxygens (including phenoxy) is 1. The lowest BCUT2D eigenvalue weighted by Crippen LogP contribution is -2.45. The summed E-state index contributed by atoms with van der Waals surface area (Å²) in [6, 6.07) is 0.753. The number of hydrogen-bond donors (Lipinski definition) is 2. The summed E-state index contributed by atoms with van der Waals surface area (Å²) in [6.07, 6.45) is 6.40. The molecule has 0 aromatic rings. The summed E-state index contributed by atoms with van der Waals surface area (Å²) in [6.45, 7) is 3.96. The van der Waals surface area contributed by atoms with Crippen molar-refractivity contribution in [3.63, 3.8) is 0 Å². The Hall–Kier alpha value is -0.120. The van der Waals surface area contributed by atoms with Crippen molar-refractivity contribution in [1.82, 2.24) is 5.32 Å². The third kappa shape index (κ3) is 3.16. The van der Waals surface area contributed by atoms with E-state index in [1.165, 1.54) is 38.6 Å². The molecule has 0 radical (unpaired) electrons. The molecule has 3 N–H and O–H groups in total. The summed E-state index contributed by atoms with van der Waals surface area (Å²) in [5, 5.41) is 3.71. The van der Waals surface area contributed by atoms with Crippen LogP contribution < -0.4 is 11.1 Å². The SMILES string of the molecule is NCCC1CCC(C2CCOCC2)NC1. The summed E-state index contributed by atoms with van der Waals surface area (Å²) in [7, 11) is 0. The molecule has 2 aliphatic heterocycles. The van der Waals surface area contributed by atoms with Gasteiger partial charge in [-0.1, -0.05) is 0 Å². The van der Waals surface area contributed by atoms with Crippen LogP contribution in [0.2, 0.25) is 0 Å². The maximum Gasteiger partial charge on any atom is 0.0469 e. The molecule has 0 bridgehead atoms. The molecular weight excluding hydrogens is 188 g/mol. The van der Waals surface area contributed by atoms with E-state index in [1.807, 2.05) is 0 Å². The topological polar surface area (TPSA) is 47.3 Å². The molecule has 0 aromatic carbocycles. The molecule has 2 atom stereocenters. The van der Waals surface area contributed by atoms with Crippen LogP contribution in [0.15, 0.2) is 0 Å². The molecule has 2 rings (SSSR count). The molecule has 2 aliphatic rings. The molecular formula is C12H24N2O. The van der Waals surface area contributed by atoms with Crippen molar-refractivity contribution in [2.24, 2.45) is 17.6 Å². The Morgan fingerprint density at radius 2 is 1.93 bits per heavy atom. The molecule has 2 heterocycles. The molecule has 0 amide bonds. The van der Waals surface area contributed by atoms with Gasteiger partial charge in [0.1, 0.15) is 0 Å². The third-order valence-corrected chi connectivity index (χ3v) is 3.96. The molecule has 0 saturated carbocycles. The number of rotatable bonds is 3. The number of piperidine rings is 1. The van der Waals surface area contributed by atoms with Gasteiger partial charge >= 0.3 is 0 Å². The van der Waals surface area contributed by atoms with Crippen LogP contribution in [0.5, 0.6) is 0 Å². The van der Waals surface area contributed by atoms with E-state index in [9.17, 15) is 0 Å². The van der Waals surface area contributed by atoms with Crippen LogP contribution in [-0.4, -0.2) is 32.3 Å². The summed E-state index contributed by atoms with van der Waals surface area (Å²) < 4.78 is 5.41. The predicted octanol–water partition coefficient (Wildman–Crippen LogP) is 1.13. The van der Waals surface area contributed by atoms with Crippen LogP contribution in [0, 0.1) is 11.8 Å². The van der Waals surface area contributed by atoms with Crippen LogP contribution in [0.3, 0.4) is 0 Å². The normalized spacial score (nSPS) is 34.2. The van der Waals surface area contributed by atoms with Gasteiger partial charge in [-0.25, -0.2) is 0 Å². The summed E-state index contributed by atoms with van der Waals surface area (Å²) in [5.74, 6) is 1.68. The maximum absolute atomic E-state index is 5.59. The largest absolute Gasteiger partial charge is 0.381 e. The standard InChI is InChI=1S/C12H24N2O/c13-6-3-10-1-2-12(14-9-10)11-4-7-15-8-5-11/h10-12,14H,1-9,13H2. The second-order valence-corrected chi connectivity index (χ2v) is 4.99. The molecule has 0 aliphatic carbocycles. The van der Waals surface area contributed by atoms with E-state index < -0.39 is 0 Å². The lowest BCUT2D eigenvalue weighted by molar-refractivity contribution is 0.0471. The molecule has 3 nitrogen and oxygen atoms in total. The van der Waals surface area contributed by atoms with Gasteiger partial charge in [-0.15, -0.1) is 0 Å². The zero-order valence-electron chi connectivity index (χ0n) is 9.58. The third-order valence-electron chi connectivity index (χ3n) is 3.96. The predicted molar refractivity (Wildman–Crippen MR) is 61.7 cm³/mol. The molecule has 3 heteroatoms. The van der Waals surface area contributed by atoms with Crippen molar-refractivity contribution >= 4 is 0 Å². The van der Waals surface area contributed by atoms with Gasteiger partial charge in [0.2, 0.25) is 0 Å². The first-order valence-corrected chi connectivity index (χ1v) is 6.41. The molecule has 0 spiro atoms. The molecule has 2 saturated heterocycles. The number of hydrogen-bond acceptors (Lipinski definition) is 3. The van der Waals surface area contributed by atoms with Crippen LogP contribution in [-0.2, 0) is 4.74 Å². The van der Waals surface area contributed by atoms with Gasteiger partial charge in [0.05, 0.1) is 0 Å². The van der Waals surface area contributed by atoms with Gasteiger partial charge < -0.3 is 15.8 Å². The summed E-state index contributed by atoms with van der Waals surface area (Å²) in [4.78, 5) is 0. The van der Waals surface area contributed by atoms with Crippen molar-refractivity contribution in [3.05, 3.63) is 0 Å². The molecule has 0 aromatic heterocycles. The fourth-order valence-electron chi connectivity index (χ4n) is 2.94. The van der Waals surface area contributed by atoms with E-state index in [-0.39, 0.29) is 0 Å². The summed E-state index contributed by atoms with van der Waals surface area (Å²) in [5.41, 5.74) is 5.59. The van der Waals surface area contributed by atoms with E-state index in [0.717, 1.165) is 37.6 Å². The Morgan fingerprint density at radius 3 is 2.53 bits per heavy atom. The Morgan fingerprint density at radius 1 is 1.13 bits per heavy atom. The quantitative estimate of drug-likeness (QED) is 0.737. The smallest absolute Gasteiger partial charge is 0.0469 e. The Labute approximate surface area is 92.7 Å². The first kappa shape index (κ1) is 11.4. The lowest BCUT2D eigenvalue weighted by atomic mass is 9.83. The second-order valence-electron chi connectivity index (χ2n) is 4.99. The van der Waals surface area contributed by atoms with Gasteiger partial charge in [-0.2, -0.15) is 0 Å². The van der Waals surface area contributed by atoms with Crippen molar-refractivity contribution in [2.45, 2.75) is 38.1 Å². The highest BCUT2D eigenvalue weighted by molar-refractivity contribution is 4.84. The first-order chi connectivity index (χ1) is 7.40. The van der Waals surface area contributed by atoms with Crippen LogP contribution >= 0.6 is 0 Å². The van der Waals surface area contributed by atoms with Crippen molar-refractivity contribution in [3.8, 4) is 0 Å². The molecule has 88 valence electrons. The Balaban J connectivity index is 1.72. The van der Waals surface area contributed by atoms with E-state index in [2.05, 4.69) is 5.32 Å². The van der Waals surface area contributed by atoms with Gasteiger partial charge in [-0.3, -0.25) is 0 Å². The van der Waals surface area contributed by atoms with Gasteiger partial charge in [0.15, 0.2) is 0 Å². The van der Waals surface area contributed by atoms with Crippen LogP contribution in [0.25, 0.3) is 0 Å². The summed E-state index contributed by atoms with van der Waals surface area (Å²) >= 11 is 0. The highest BCUT2D eigenvalue weighted by Crippen LogP contribution is 2.26. The molecule has 2 fully saturated rings. The van der Waals surface area contributed by atoms with Gasteiger partial charge in [0.25, 0.3) is 0 Å². The minimum atomic E-state index is 0.753. The van der Waals surface area contributed by atoms with E-state index in [1.54, 1.807) is 0 Å². The fraction of sp³-hybridized carbons (Fsp3) is 1.00. The molecule has 15 heavy (non-hydrogen) atoms. The monoisotopic (exact) mass is 212 g/mol. The zero-order valence-corrected chi connectivity index (χ0v) is 9.58. The second kappa shape index (κ2) is 5.83. The molecule has 2 unspecified atom stereocenters. The number of nitrogens with one attached hydrogen (secondary N) is 1. The maximum atomic E-state index is 5.59. The van der Waals surface area contributed by atoms with E-state index in [0.29, 0.717) is 0 Å². The van der Waals surface area contributed by atoms with E-state index >= 15 is 0 Å². The highest BCUT2D eigenvalue weighted by Gasteiger charge is 2.27. The van der Waals surface area contributed by atoms with Crippen molar-refractivity contribution in [2.75, 3.05) is 26.3 Å². The highest BCUT2D eigenvalue weighted by atomic mass is 16.5. The van der Waals surface area contributed by atoms with Crippen molar-refractivity contribution < 1.29 is 4.74 Å². The van der Waals surface area contributed by atoms with Crippen LogP contribution in [0.1, 0.15) is 32.1 Å².